The molecule has 4 heteroatoms. The van der Waals surface area contributed by atoms with Crippen LogP contribution in [0, 0.1) is 0 Å². The van der Waals surface area contributed by atoms with Gasteiger partial charge >= 0.3 is 0 Å². The Hall–Kier alpha value is -2.07. The maximum Gasteiger partial charge on any atom is 0.128 e. The first-order valence-electron chi connectivity index (χ1n) is 6.96. The summed E-state index contributed by atoms with van der Waals surface area (Å²) in [4.78, 5) is 4.21. The number of pyridine rings is 1. The van der Waals surface area contributed by atoms with E-state index in [2.05, 4.69) is 29.4 Å². The number of hydrogen-bond acceptors (Lipinski definition) is 4. The fourth-order valence-electron chi connectivity index (χ4n) is 2.85. The summed E-state index contributed by atoms with van der Waals surface area (Å²) in [6.07, 6.45) is 1.72. The van der Waals surface area contributed by atoms with E-state index in [0.717, 1.165) is 17.9 Å². The molecular weight excluding hydrogens is 250 g/mol. The third-order valence-corrected chi connectivity index (χ3v) is 3.77. The normalized spacial score (nSPS) is 18.4. The quantitative estimate of drug-likeness (QED) is 0.895. The standard InChI is InChI=1S/C16H19N3O/c1-2-18-15(12-7-5-9-19-16(12)17)13-10-20-14-8-4-3-6-11(13)14/h3-9,13,15,18H,2,10H2,1H3,(H2,17,19). The molecule has 20 heavy (non-hydrogen) atoms. The van der Waals surface area contributed by atoms with Crippen molar-refractivity contribution in [3.05, 3.63) is 53.7 Å². The zero-order chi connectivity index (χ0) is 13.9. The summed E-state index contributed by atoms with van der Waals surface area (Å²) in [7, 11) is 0. The first kappa shape index (κ1) is 12.9. The fourth-order valence-corrected chi connectivity index (χ4v) is 2.85. The van der Waals surface area contributed by atoms with Crippen molar-refractivity contribution in [1.82, 2.24) is 10.3 Å². The van der Waals surface area contributed by atoms with E-state index < -0.39 is 0 Å². The predicted octanol–water partition coefficient (Wildman–Crippen LogP) is 2.49. The van der Waals surface area contributed by atoms with Crippen LogP contribution >= 0.6 is 0 Å². The van der Waals surface area contributed by atoms with Crippen LogP contribution in [-0.2, 0) is 0 Å². The molecule has 0 saturated heterocycles. The maximum atomic E-state index is 6.05. The fraction of sp³-hybridized carbons (Fsp3) is 0.312. The monoisotopic (exact) mass is 269 g/mol. The lowest BCUT2D eigenvalue weighted by Crippen LogP contribution is -2.28. The number of aromatic nitrogens is 1. The minimum atomic E-state index is 0.123. The Balaban J connectivity index is 1.99. The van der Waals surface area contributed by atoms with Crippen molar-refractivity contribution in [1.29, 1.82) is 0 Å². The second kappa shape index (κ2) is 5.51. The molecule has 2 heterocycles. The van der Waals surface area contributed by atoms with E-state index >= 15 is 0 Å². The second-order valence-corrected chi connectivity index (χ2v) is 4.97. The largest absolute Gasteiger partial charge is 0.493 e. The first-order valence-corrected chi connectivity index (χ1v) is 6.96. The highest BCUT2D eigenvalue weighted by Crippen LogP contribution is 2.41. The molecule has 2 atom stereocenters. The van der Waals surface area contributed by atoms with Crippen LogP contribution in [0.1, 0.15) is 30.0 Å². The van der Waals surface area contributed by atoms with E-state index in [-0.39, 0.29) is 12.0 Å². The van der Waals surface area contributed by atoms with Gasteiger partial charge in [-0.15, -0.1) is 0 Å². The van der Waals surface area contributed by atoms with Gasteiger partial charge in [0, 0.05) is 29.3 Å². The molecular formula is C16H19N3O. The number of nitrogens with zero attached hydrogens (tertiary/aromatic N) is 1. The van der Waals surface area contributed by atoms with Crippen LogP contribution in [0.15, 0.2) is 42.6 Å². The van der Waals surface area contributed by atoms with Gasteiger partial charge in [-0.3, -0.25) is 0 Å². The van der Waals surface area contributed by atoms with Gasteiger partial charge in [0.1, 0.15) is 11.6 Å². The molecule has 1 aromatic heterocycles. The van der Waals surface area contributed by atoms with Crippen molar-refractivity contribution < 1.29 is 4.74 Å². The smallest absolute Gasteiger partial charge is 0.128 e. The summed E-state index contributed by atoms with van der Waals surface area (Å²) in [6, 6.07) is 12.3. The summed E-state index contributed by atoms with van der Waals surface area (Å²) in [5, 5.41) is 3.52. The number of nitrogens with one attached hydrogen (secondary N) is 1. The van der Waals surface area contributed by atoms with Gasteiger partial charge in [-0.05, 0) is 18.7 Å². The Kier molecular flexibility index (Phi) is 3.56. The Morgan fingerprint density at radius 2 is 2.20 bits per heavy atom. The molecule has 1 aliphatic heterocycles. The van der Waals surface area contributed by atoms with Gasteiger partial charge in [0.05, 0.1) is 6.61 Å². The molecule has 2 unspecified atom stereocenters. The maximum absolute atomic E-state index is 6.05. The highest BCUT2D eigenvalue weighted by molar-refractivity contribution is 5.47. The minimum Gasteiger partial charge on any atom is -0.493 e. The molecule has 0 spiro atoms. The van der Waals surface area contributed by atoms with Crippen molar-refractivity contribution in [2.24, 2.45) is 0 Å². The first-order chi connectivity index (χ1) is 9.81. The lowest BCUT2D eigenvalue weighted by atomic mass is 9.88. The predicted molar refractivity (Wildman–Crippen MR) is 79.7 cm³/mol. The van der Waals surface area contributed by atoms with E-state index in [1.165, 1.54) is 5.56 Å². The average molecular weight is 269 g/mol. The third-order valence-electron chi connectivity index (χ3n) is 3.77. The van der Waals surface area contributed by atoms with Crippen LogP contribution in [0.2, 0.25) is 0 Å². The topological polar surface area (TPSA) is 60.2 Å². The number of nitrogen functional groups attached to an aromatic ring is 1. The lowest BCUT2D eigenvalue weighted by Gasteiger charge is -2.25. The van der Waals surface area contributed by atoms with Crippen LogP contribution in [0.4, 0.5) is 5.82 Å². The average Bonchev–Trinajstić information content (AvgIpc) is 2.90. The Bertz CT molecular complexity index is 600. The number of fused-ring (bicyclic) bond motifs is 1. The van der Waals surface area contributed by atoms with Crippen molar-refractivity contribution in [2.45, 2.75) is 18.9 Å². The molecule has 4 nitrogen and oxygen atoms in total. The molecule has 0 amide bonds. The summed E-state index contributed by atoms with van der Waals surface area (Å²) < 4.78 is 5.80. The number of para-hydroxylation sites is 1. The molecule has 0 radical (unpaired) electrons. The molecule has 3 rings (SSSR count). The van der Waals surface area contributed by atoms with Crippen LogP contribution in [-0.4, -0.2) is 18.1 Å². The summed E-state index contributed by atoms with van der Waals surface area (Å²) in [5.74, 6) is 1.82. The van der Waals surface area contributed by atoms with E-state index in [9.17, 15) is 0 Å². The van der Waals surface area contributed by atoms with Gasteiger partial charge in [-0.25, -0.2) is 4.98 Å². The molecule has 104 valence electrons. The van der Waals surface area contributed by atoms with Gasteiger partial charge in [0.25, 0.3) is 0 Å². The summed E-state index contributed by atoms with van der Waals surface area (Å²) in [5.41, 5.74) is 8.33. The number of hydrogen-bond donors (Lipinski definition) is 2. The molecule has 0 aliphatic carbocycles. The van der Waals surface area contributed by atoms with Crippen LogP contribution < -0.4 is 15.8 Å². The van der Waals surface area contributed by atoms with E-state index in [0.29, 0.717) is 12.4 Å². The van der Waals surface area contributed by atoms with Gasteiger partial charge in [0.2, 0.25) is 0 Å². The molecule has 0 fully saturated rings. The molecule has 2 aromatic rings. The van der Waals surface area contributed by atoms with Gasteiger partial charge < -0.3 is 15.8 Å². The molecule has 1 aromatic carbocycles. The number of anilines is 1. The lowest BCUT2D eigenvalue weighted by molar-refractivity contribution is 0.301. The minimum absolute atomic E-state index is 0.123. The van der Waals surface area contributed by atoms with Gasteiger partial charge in [-0.1, -0.05) is 31.2 Å². The molecule has 3 N–H and O–H groups in total. The zero-order valence-corrected chi connectivity index (χ0v) is 11.5. The number of benzene rings is 1. The third kappa shape index (κ3) is 2.23. The van der Waals surface area contributed by atoms with Crippen molar-refractivity contribution >= 4 is 5.82 Å². The number of ether oxygens (including phenoxy) is 1. The Morgan fingerprint density at radius 3 is 3.00 bits per heavy atom. The molecule has 0 bridgehead atoms. The number of likely N-dealkylation sites (N-methyl/N-ethyl adjacent to an activating group) is 1. The van der Waals surface area contributed by atoms with Crippen LogP contribution in [0.3, 0.4) is 0 Å². The van der Waals surface area contributed by atoms with E-state index in [4.69, 9.17) is 10.5 Å². The molecule has 1 aliphatic rings. The number of rotatable bonds is 4. The van der Waals surface area contributed by atoms with Crippen molar-refractivity contribution in [3.63, 3.8) is 0 Å². The van der Waals surface area contributed by atoms with E-state index in [1.54, 1.807) is 6.20 Å². The van der Waals surface area contributed by atoms with E-state index in [1.807, 2.05) is 24.3 Å². The van der Waals surface area contributed by atoms with Crippen molar-refractivity contribution in [3.8, 4) is 5.75 Å². The van der Waals surface area contributed by atoms with Crippen LogP contribution in [0.5, 0.6) is 5.75 Å². The SMILES string of the molecule is CCNC(c1cccnc1N)C1COc2ccccc21. The Morgan fingerprint density at radius 1 is 1.35 bits per heavy atom. The molecule has 0 saturated carbocycles. The van der Waals surface area contributed by atoms with Crippen molar-refractivity contribution in [2.75, 3.05) is 18.9 Å². The summed E-state index contributed by atoms with van der Waals surface area (Å²) in [6.45, 7) is 3.64. The zero-order valence-electron chi connectivity index (χ0n) is 11.5. The van der Waals surface area contributed by atoms with Gasteiger partial charge in [-0.2, -0.15) is 0 Å². The van der Waals surface area contributed by atoms with Gasteiger partial charge in [0.15, 0.2) is 0 Å². The highest BCUT2D eigenvalue weighted by atomic mass is 16.5. The Labute approximate surface area is 119 Å². The number of nitrogens with two attached hydrogens (primary N) is 1. The highest BCUT2D eigenvalue weighted by Gasteiger charge is 2.32. The summed E-state index contributed by atoms with van der Waals surface area (Å²) >= 11 is 0. The second-order valence-electron chi connectivity index (χ2n) is 4.97. The van der Waals surface area contributed by atoms with Crippen LogP contribution in [0.25, 0.3) is 0 Å².